The zero-order valence-corrected chi connectivity index (χ0v) is 27.6. The number of rotatable bonds is 31. The Labute approximate surface area is 260 Å². The van der Waals surface area contributed by atoms with Gasteiger partial charge < -0.3 is 20.6 Å². The SMILES string of the molecule is CCCCC/C=C\C=C/CCCCCCCCCCCCC(=O)NC(CO)C(O)C(O)CCC/C=C/CCCCCC. The Morgan fingerprint density at radius 2 is 1.02 bits per heavy atom. The van der Waals surface area contributed by atoms with Crippen LogP contribution in [0.3, 0.4) is 0 Å². The van der Waals surface area contributed by atoms with Gasteiger partial charge in [-0.15, -0.1) is 0 Å². The van der Waals surface area contributed by atoms with Crippen molar-refractivity contribution in [1.29, 1.82) is 0 Å². The number of carbonyl (C=O) groups excluding carboxylic acids is 1. The molecule has 0 heterocycles. The molecule has 0 saturated carbocycles. The van der Waals surface area contributed by atoms with Crippen molar-refractivity contribution in [2.75, 3.05) is 6.61 Å². The first-order valence-corrected chi connectivity index (χ1v) is 17.8. The number of nitrogens with one attached hydrogen (secondary N) is 1. The molecule has 0 aromatic heterocycles. The van der Waals surface area contributed by atoms with Gasteiger partial charge in [0.2, 0.25) is 5.91 Å². The van der Waals surface area contributed by atoms with E-state index in [2.05, 4.69) is 55.6 Å². The summed E-state index contributed by atoms with van der Waals surface area (Å²) >= 11 is 0. The largest absolute Gasteiger partial charge is 0.394 e. The zero-order valence-electron chi connectivity index (χ0n) is 27.6. The maximum Gasteiger partial charge on any atom is 0.220 e. The molecule has 0 radical (unpaired) electrons. The highest BCUT2D eigenvalue weighted by Crippen LogP contribution is 2.13. The molecule has 3 atom stereocenters. The van der Waals surface area contributed by atoms with Crippen LogP contribution in [0.2, 0.25) is 0 Å². The molecule has 0 aliphatic rings. The van der Waals surface area contributed by atoms with Gasteiger partial charge in [0.05, 0.1) is 18.8 Å². The summed E-state index contributed by atoms with van der Waals surface area (Å²) in [6, 6.07) is -0.824. The summed E-state index contributed by atoms with van der Waals surface area (Å²) in [6.45, 7) is 4.07. The predicted octanol–water partition coefficient (Wildman–Crippen LogP) is 9.26. The lowest BCUT2D eigenvalue weighted by Crippen LogP contribution is -2.50. The second-order valence-corrected chi connectivity index (χ2v) is 12.1. The van der Waals surface area contributed by atoms with Crippen LogP contribution >= 0.6 is 0 Å². The molecule has 246 valence electrons. The van der Waals surface area contributed by atoms with Gasteiger partial charge in [-0.3, -0.25) is 4.79 Å². The molecule has 4 N–H and O–H groups in total. The fourth-order valence-electron chi connectivity index (χ4n) is 5.15. The highest BCUT2D eigenvalue weighted by molar-refractivity contribution is 5.76. The van der Waals surface area contributed by atoms with Crippen molar-refractivity contribution in [3.63, 3.8) is 0 Å². The summed E-state index contributed by atoms with van der Waals surface area (Å²) < 4.78 is 0. The molecular weight excluding hydrogens is 522 g/mol. The van der Waals surface area contributed by atoms with E-state index in [1.807, 2.05) is 0 Å². The molecule has 5 heteroatoms. The van der Waals surface area contributed by atoms with Gasteiger partial charge in [-0.1, -0.05) is 134 Å². The van der Waals surface area contributed by atoms with Crippen molar-refractivity contribution in [2.45, 2.75) is 186 Å². The molecule has 0 spiro atoms. The molecule has 0 rings (SSSR count). The lowest BCUT2D eigenvalue weighted by molar-refractivity contribution is -0.124. The molecular formula is C37H69NO4. The summed E-state index contributed by atoms with van der Waals surface area (Å²) in [5.41, 5.74) is 0. The average molecular weight is 592 g/mol. The van der Waals surface area contributed by atoms with Gasteiger partial charge in [-0.25, -0.2) is 0 Å². The van der Waals surface area contributed by atoms with Crippen molar-refractivity contribution < 1.29 is 20.1 Å². The van der Waals surface area contributed by atoms with Crippen LogP contribution in [-0.2, 0) is 4.79 Å². The van der Waals surface area contributed by atoms with Crippen LogP contribution in [-0.4, -0.2) is 46.1 Å². The molecule has 42 heavy (non-hydrogen) atoms. The normalized spacial score (nSPS) is 14.3. The summed E-state index contributed by atoms with van der Waals surface area (Å²) in [6.07, 6.45) is 38.1. The van der Waals surface area contributed by atoms with Gasteiger partial charge in [0, 0.05) is 6.42 Å². The van der Waals surface area contributed by atoms with Gasteiger partial charge in [0.25, 0.3) is 0 Å². The minimum absolute atomic E-state index is 0.163. The lowest BCUT2D eigenvalue weighted by Gasteiger charge is -2.26. The minimum atomic E-state index is -1.16. The van der Waals surface area contributed by atoms with Crippen LogP contribution in [0, 0.1) is 0 Å². The van der Waals surface area contributed by atoms with Gasteiger partial charge in [0.1, 0.15) is 6.10 Å². The van der Waals surface area contributed by atoms with Crippen LogP contribution in [0.4, 0.5) is 0 Å². The first-order valence-electron chi connectivity index (χ1n) is 17.8. The molecule has 0 aromatic rings. The summed E-state index contributed by atoms with van der Waals surface area (Å²) in [4.78, 5) is 12.3. The molecule has 0 aliphatic heterocycles. The van der Waals surface area contributed by atoms with Gasteiger partial charge >= 0.3 is 0 Å². The Bertz CT molecular complexity index is 660. The van der Waals surface area contributed by atoms with E-state index < -0.39 is 18.2 Å². The quantitative estimate of drug-likeness (QED) is 0.0367. The van der Waals surface area contributed by atoms with Crippen LogP contribution in [0.1, 0.15) is 168 Å². The Balaban J connectivity index is 3.70. The minimum Gasteiger partial charge on any atom is -0.394 e. The second-order valence-electron chi connectivity index (χ2n) is 12.1. The van der Waals surface area contributed by atoms with Gasteiger partial charge in [-0.2, -0.15) is 0 Å². The predicted molar refractivity (Wildman–Crippen MR) is 181 cm³/mol. The fraction of sp³-hybridized carbons (Fsp3) is 0.811. The fourth-order valence-corrected chi connectivity index (χ4v) is 5.15. The van der Waals surface area contributed by atoms with E-state index in [0.29, 0.717) is 12.8 Å². The smallest absolute Gasteiger partial charge is 0.220 e. The summed E-state index contributed by atoms with van der Waals surface area (Å²) in [5, 5.41) is 33.1. The maximum atomic E-state index is 12.3. The third-order valence-corrected chi connectivity index (χ3v) is 7.99. The second kappa shape index (κ2) is 32.5. The van der Waals surface area contributed by atoms with Crippen molar-refractivity contribution >= 4 is 5.91 Å². The number of aliphatic hydroxyl groups is 3. The van der Waals surface area contributed by atoms with Crippen LogP contribution in [0.25, 0.3) is 0 Å². The number of amides is 1. The molecule has 0 aliphatic carbocycles. The Morgan fingerprint density at radius 3 is 1.57 bits per heavy atom. The number of aliphatic hydroxyl groups excluding tert-OH is 3. The Kier molecular flexibility index (Phi) is 31.4. The van der Waals surface area contributed by atoms with Crippen molar-refractivity contribution in [2.24, 2.45) is 0 Å². The first kappa shape index (κ1) is 40.6. The van der Waals surface area contributed by atoms with E-state index >= 15 is 0 Å². The van der Waals surface area contributed by atoms with E-state index in [1.165, 1.54) is 103 Å². The number of allylic oxidation sites excluding steroid dienone is 6. The summed E-state index contributed by atoms with van der Waals surface area (Å²) in [7, 11) is 0. The van der Waals surface area contributed by atoms with Crippen molar-refractivity contribution in [1.82, 2.24) is 5.32 Å². The van der Waals surface area contributed by atoms with Crippen molar-refractivity contribution in [3.05, 3.63) is 36.5 Å². The zero-order chi connectivity index (χ0) is 30.9. The standard InChI is InChI=1S/C37H69NO4/c1-3-5-7-9-11-13-14-15-16-17-18-19-20-21-22-24-26-28-30-32-36(41)38-34(33-39)37(42)35(40)31-29-27-25-23-12-10-8-6-4-2/h11,13-15,23,25,34-35,37,39-40,42H,3-10,12,16-22,24,26-33H2,1-2H3,(H,38,41)/b13-11-,15-14-,25-23+. The van der Waals surface area contributed by atoms with Crippen molar-refractivity contribution in [3.8, 4) is 0 Å². The topological polar surface area (TPSA) is 89.8 Å². The monoisotopic (exact) mass is 592 g/mol. The van der Waals surface area contributed by atoms with Crippen LogP contribution < -0.4 is 5.32 Å². The molecule has 0 aromatic carbocycles. The van der Waals surface area contributed by atoms with E-state index in [-0.39, 0.29) is 12.5 Å². The number of hydrogen-bond acceptors (Lipinski definition) is 4. The molecule has 0 fully saturated rings. The maximum absolute atomic E-state index is 12.3. The third kappa shape index (κ3) is 27.4. The van der Waals surface area contributed by atoms with Crippen LogP contribution in [0.15, 0.2) is 36.5 Å². The molecule has 0 saturated heterocycles. The highest BCUT2D eigenvalue weighted by atomic mass is 16.3. The summed E-state index contributed by atoms with van der Waals surface area (Å²) in [5.74, 6) is -0.163. The van der Waals surface area contributed by atoms with E-state index in [0.717, 1.165) is 38.5 Å². The molecule has 1 amide bonds. The molecule has 5 nitrogen and oxygen atoms in total. The molecule has 3 unspecified atom stereocenters. The average Bonchev–Trinajstić information content (AvgIpc) is 2.99. The van der Waals surface area contributed by atoms with Gasteiger partial charge in [0.15, 0.2) is 0 Å². The number of unbranched alkanes of at least 4 members (excludes halogenated alkanes) is 18. The molecule has 0 bridgehead atoms. The lowest BCUT2D eigenvalue weighted by atomic mass is 10.0. The number of hydrogen-bond donors (Lipinski definition) is 4. The van der Waals surface area contributed by atoms with E-state index in [4.69, 9.17) is 0 Å². The van der Waals surface area contributed by atoms with E-state index in [9.17, 15) is 20.1 Å². The van der Waals surface area contributed by atoms with Gasteiger partial charge in [-0.05, 0) is 64.2 Å². The Hall–Kier alpha value is -1.43. The Morgan fingerprint density at radius 1 is 0.595 bits per heavy atom. The van der Waals surface area contributed by atoms with E-state index in [1.54, 1.807) is 0 Å². The highest BCUT2D eigenvalue weighted by Gasteiger charge is 2.26. The number of carbonyl (C=O) groups is 1. The first-order chi connectivity index (χ1) is 20.6. The van der Waals surface area contributed by atoms with Crippen LogP contribution in [0.5, 0.6) is 0 Å². The third-order valence-electron chi connectivity index (χ3n) is 7.99.